The van der Waals surface area contributed by atoms with E-state index in [0.717, 1.165) is 20.3 Å². The average Bonchev–Trinajstić information content (AvgIpc) is 2.47. The van der Waals surface area contributed by atoms with Gasteiger partial charge in [0.15, 0.2) is 0 Å². The Labute approximate surface area is 105 Å². The molecule has 0 aliphatic heterocycles. The van der Waals surface area contributed by atoms with Crippen molar-refractivity contribution < 1.29 is 0 Å². The Hall–Kier alpha value is -0.810. The van der Waals surface area contributed by atoms with E-state index in [4.69, 9.17) is 5.73 Å². The normalized spacial score (nSPS) is 10.6. The maximum atomic E-state index is 5.94. The van der Waals surface area contributed by atoms with Crippen molar-refractivity contribution in [1.82, 2.24) is 9.78 Å². The molecule has 1 heterocycles. The highest BCUT2D eigenvalue weighted by molar-refractivity contribution is 9.11. The molecule has 0 amide bonds. The smallest absolute Gasteiger partial charge is 0.141 e. The minimum atomic E-state index is 0.611. The van der Waals surface area contributed by atoms with Crippen molar-refractivity contribution >= 4 is 37.7 Å². The highest BCUT2D eigenvalue weighted by Crippen LogP contribution is 2.28. The first kappa shape index (κ1) is 10.7. The fourth-order valence-corrected chi connectivity index (χ4v) is 2.03. The average molecular weight is 331 g/mol. The molecule has 0 aliphatic rings. The first-order valence-corrected chi connectivity index (χ1v) is 5.95. The number of nitrogens with two attached hydrogens (primary N) is 1. The largest absolute Gasteiger partial charge is 0.383 e. The molecule has 15 heavy (non-hydrogen) atoms. The van der Waals surface area contributed by atoms with Gasteiger partial charge < -0.3 is 5.73 Å². The van der Waals surface area contributed by atoms with Crippen LogP contribution in [-0.2, 0) is 0 Å². The van der Waals surface area contributed by atoms with Gasteiger partial charge in [-0.25, -0.2) is 4.68 Å². The summed E-state index contributed by atoms with van der Waals surface area (Å²) in [5.41, 5.74) is 7.75. The van der Waals surface area contributed by atoms with E-state index in [9.17, 15) is 0 Å². The minimum Gasteiger partial charge on any atom is -0.383 e. The van der Waals surface area contributed by atoms with Gasteiger partial charge in [0.05, 0.1) is 15.9 Å². The van der Waals surface area contributed by atoms with Gasteiger partial charge >= 0.3 is 0 Å². The van der Waals surface area contributed by atoms with Crippen LogP contribution in [0.1, 0.15) is 5.69 Å². The maximum Gasteiger partial charge on any atom is 0.141 e. The zero-order chi connectivity index (χ0) is 11.0. The Bertz CT molecular complexity index is 505. The fourth-order valence-electron chi connectivity index (χ4n) is 1.33. The van der Waals surface area contributed by atoms with Crippen LogP contribution < -0.4 is 5.73 Å². The second-order valence-corrected chi connectivity index (χ2v) is 4.80. The third-order valence-corrected chi connectivity index (χ3v) is 3.75. The molecule has 3 nitrogen and oxygen atoms in total. The van der Waals surface area contributed by atoms with Crippen molar-refractivity contribution in [2.75, 3.05) is 5.73 Å². The van der Waals surface area contributed by atoms with Gasteiger partial charge in [0.2, 0.25) is 0 Å². The van der Waals surface area contributed by atoms with Crippen molar-refractivity contribution in [3.8, 4) is 5.69 Å². The summed E-state index contributed by atoms with van der Waals surface area (Å²) >= 11 is 6.87. The topological polar surface area (TPSA) is 43.8 Å². The summed E-state index contributed by atoms with van der Waals surface area (Å²) in [5, 5.41) is 4.36. The van der Waals surface area contributed by atoms with Gasteiger partial charge in [0, 0.05) is 4.47 Å². The summed E-state index contributed by atoms with van der Waals surface area (Å²) in [6, 6.07) is 7.82. The molecular formula is C10H9Br2N3. The molecule has 0 radical (unpaired) electrons. The predicted molar refractivity (Wildman–Crippen MR) is 68.1 cm³/mol. The number of para-hydroxylation sites is 1. The molecule has 2 rings (SSSR count). The zero-order valence-corrected chi connectivity index (χ0v) is 11.2. The SMILES string of the molecule is Cc1nn(-c2ccccc2Br)c(N)c1Br. The van der Waals surface area contributed by atoms with Gasteiger partial charge in [-0.15, -0.1) is 0 Å². The third kappa shape index (κ3) is 1.81. The first-order chi connectivity index (χ1) is 7.11. The van der Waals surface area contributed by atoms with Gasteiger partial charge in [-0.2, -0.15) is 5.10 Å². The van der Waals surface area contributed by atoms with E-state index in [1.165, 1.54) is 0 Å². The Balaban J connectivity index is 2.65. The van der Waals surface area contributed by atoms with Crippen LogP contribution in [0.3, 0.4) is 0 Å². The van der Waals surface area contributed by atoms with E-state index in [1.807, 2.05) is 31.2 Å². The number of hydrogen-bond acceptors (Lipinski definition) is 2. The van der Waals surface area contributed by atoms with Crippen LogP contribution in [0.2, 0.25) is 0 Å². The van der Waals surface area contributed by atoms with Gasteiger partial charge in [-0.1, -0.05) is 12.1 Å². The summed E-state index contributed by atoms with van der Waals surface area (Å²) in [5.74, 6) is 0.611. The summed E-state index contributed by atoms with van der Waals surface area (Å²) in [6.45, 7) is 1.91. The predicted octanol–water partition coefficient (Wildman–Crippen LogP) is 3.29. The monoisotopic (exact) mass is 329 g/mol. The maximum absolute atomic E-state index is 5.94. The number of aromatic nitrogens is 2. The number of anilines is 1. The van der Waals surface area contributed by atoms with Crippen LogP contribution in [0.15, 0.2) is 33.2 Å². The van der Waals surface area contributed by atoms with E-state index < -0.39 is 0 Å². The molecular weight excluding hydrogens is 322 g/mol. The molecule has 1 aromatic heterocycles. The van der Waals surface area contributed by atoms with E-state index in [2.05, 4.69) is 37.0 Å². The Morgan fingerprint density at radius 3 is 2.47 bits per heavy atom. The molecule has 2 aromatic rings. The quantitative estimate of drug-likeness (QED) is 0.872. The molecule has 78 valence electrons. The lowest BCUT2D eigenvalue weighted by atomic mass is 10.3. The number of aryl methyl sites for hydroxylation is 1. The fraction of sp³-hybridized carbons (Fsp3) is 0.100. The molecule has 0 saturated carbocycles. The number of hydrogen-bond donors (Lipinski definition) is 1. The molecule has 0 saturated heterocycles. The van der Waals surface area contributed by atoms with Crippen molar-refractivity contribution in [3.63, 3.8) is 0 Å². The van der Waals surface area contributed by atoms with E-state index in [-0.39, 0.29) is 0 Å². The molecule has 1 aromatic carbocycles. The lowest BCUT2D eigenvalue weighted by molar-refractivity contribution is 0.868. The molecule has 5 heteroatoms. The Kier molecular flexibility index (Phi) is 2.84. The van der Waals surface area contributed by atoms with Crippen LogP contribution in [0.5, 0.6) is 0 Å². The van der Waals surface area contributed by atoms with E-state index in [1.54, 1.807) is 4.68 Å². The third-order valence-electron chi connectivity index (χ3n) is 2.10. The van der Waals surface area contributed by atoms with Gasteiger partial charge in [-0.05, 0) is 50.9 Å². The zero-order valence-electron chi connectivity index (χ0n) is 8.04. The number of nitrogens with zero attached hydrogens (tertiary/aromatic N) is 2. The lowest BCUT2D eigenvalue weighted by Crippen LogP contribution is -2.02. The molecule has 0 unspecified atom stereocenters. The first-order valence-electron chi connectivity index (χ1n) is 4.36. The van der Waals surface area contributed by atoms with E-state index >= 15 is 0 Å². The van der Waals surface area contributed by atoms with Crippen molar-refractivity contribution in [1.29, 1.82) is 0 Å². The molecule has 0 bridgehead atoms. The highest BCUT2D eigenvalue weighted by atomic mass is 79.9. The number of halogens is 2. The number of rotatable bonds is 1. The Morgan fingerprint density at radius 2 is 1.93 bits per heavy atom. The number of benzene rings is 1. The molecule has 0 spiro atoms. The molecule has 0 aliphatic carbocycles. The summed E-state index contributed by atoms with van der Waals surface area (Å²) < 4.78 is 3.52. The van der Waals surface area contributed by atoms with E-state index in [0.29, 0.717) is 5.82 Å². The summed E-state index contributed by atoms with van der Waals surface area (Å²) in [7, 11) is 0. The van der Waals surface area contributed by atoms with Crippen LogP contribution in [0.25, 0.3) is 5.69 Å². The summed E-state index contributed by atoms with van der Waals surface area (Å²) in [4.78, 5) is 0. The van der Waals surface area contributed by atoms with Crippen molar-refractivity contribution in [2.24, 2.45) is 0 Å². The second kappa shape index (κ2) is 3.98. The highest BCUT2D eigenvalue weighted by Gasteiger charge is 2.12. The minimum absolute atomic E-state index is 0.611. The van der Waals surface area contributed by atoms with Crippen LogP contribution in [-0.4, -0.2) is 9.78 Å². The van der Waals surface area contributed by atoms with Crippen molar-refractivity contribution in [2.45, 2.75) is 6.92 Å². The standard InChI is InChI=1S/C10H9Br2N3/c1-6-9(12)10(13)15(14-6)8-5-3-2-4-7(8)11/h2-5H,13H2,1H3. The van der Waals surface area contributed by atoms with Gasteiger partial charge in [0.25, 0.3) is 0 Å². The number of nitrogen functional groups attached to an aromatic ring is 1. The van der Waals surface area contributed by atoms with Crippen LogP contribution >= 0.6 is 31.9 Å². The molecule has 2 N–H and O–H groups in total. The van der Waals surface area contributed by atoms with Crippen LogP contribution in [0.4, 0.5) is 5.82 Å². The second-order valence-electron chi connectivity index (χ2n) is 3.15. The lowest BCUT2D eigenvalue weighted by Gasteiger charge is -2.05. The molecule has 0 atom stereocenters. The van der Waals surface area contributed by atoms with Crippen molar-refractivity contribution in [3.05, 3.63) is 38.9 Å². The van der Waals surface area contributed by atoms with Gasteiger partial charge in [-0.3, -0.25) is 0 Å². The molecule has 0 fully saturated rings. The Morgan fingerprint density at radius 1 is 1.27 bits per heavy atom. The van der Waals surface area contributed by atoms with Crippen LogP contribution in [0, 0.1) is 6.92 Å². The summed E-state index contributed by atoms with van der Waals surface area (Å²) in [6.07, 6.45) is 0. The van der Waals surface area contributed by atoms with Gasteiger partial charge in [0.1, 0.15) is 5.82 Å².